The maximum Gasteiger partial charge on any atom is 0.254 e. The molecule has 2 amide bonds. The Morgan fingerprint density at radius 3 is 1.95 bits per heavy atom. The summed E-state index contributed by atoms with van der Waals surface area (Å²) in [5.41, 5.74) is 6.33. The topological polar surface area (TPSA) is 66.6 Å². The van der Waals surface area contributed by atoms with Crippen LogP contribution in [-0.2, 0) is 4.79 Å². The largest absolute Gasteiger partial charge is 0.396 e. The average molecular weight is 316 g/mol. The number of rotatable bonds is 1. The molecule has 0 bridgehead atoms. The number of carbonyl (C=O) groups is 2. The van der Waals surface area contributed by atoms with Crippen molar-refractivity contribution in [2.24, 2.45) is 0 Å². The first-order chi connectivity index (χ1) is 9.40. The second-order valence-electron chi connectivity index (χ2n) is 4.65. The summed E-state index contributed by atoms with van der Waals surface area (Å²) in [6.45, 7) is 3.60. The molecule has 2 N–H and O–H groups in total. The first kappa shape index (κ1) is 14.9. The van der Waals surface area contributed by atoms with Gasteiger partial charge in [-0.05, 0) is 12.1 Å². The number of anilines is 1. The molecule has 1 heterocycles. The van der Waals surface area contributed by atoms with Crippen molar-refractivity contribution in [2.75, 3.05) is 31.9 Å². The summed E-state index contributed by atoms with van der Waals surface area (Å²) in [6.07, 6.45) is 0. The highest BCUT2D eigenvalue weighted by Crippen LogP contribution is 2.29. The molecule has 20 heavy (non-hydrogen) atoms. The Hall–Kier alpha value is -1.46. The fourth-order valence-corrected chi connectivity index (χ4v) is 2.60. The summed E-state index contributed by atoms with van der Waals surface area (Å²) in [6, 6.07) is 3.03. The van der Waals surface area contributed by atoms with Gasteiger partial charge in [0, 0.05) is 38.7 Å². The van der Waals surface area contributed by atoms with Crippen molar-refractivity contribution in [2.45, 2.75) is 6.92 Å². The number of benzene rings is 1. The van der Waals surface area contributed by atoms with Crippen LogP contribution in [0.4, 0.5) is 5.69 Å². The minimum atomic E-state index is -0.156. The van der Waals surface area contributed by atoms with Crippen molar-refractivity contribution in [3.8, 4) is 0 Å². The number of hydrogen-bond donors (Lipinski definition) is 1. The Morgan fingerprint density at radius 2 is 1.50 bits per heavy atom. The molecule has 108 valence electrons. The minimum Gasteiger partial charge on any atom is -0.396 e. The maximum atomic E-state index is 12.4. The molecule has 1 saturated heterocycles. The van der Waals surface area contributed by atoms with Crippen molar-refractivity contribution >= 4 is 40.7 Å². The zero-order valence-corrected chi connectivity index (χ0v) is 12.5. The van der Waals surface area contributed by atoms with Crippen LogP contribution in [0.15, 0.2) is 12.1 Å². The van der Waals surface area contributed by atoms with E-state index >= 15 is 0 Å². The van der Waals surface area contributed by atoms with E-state index in [1.165, 1.54) is 19.1 Å². The van der Waals surface area contributed by atoms with Gasteiger partial charge < -0.3 is 15.5 Å². The Kier molecular flexibility index (Phi) is 4.40. The lowest BCUT2D eigenvalue weighted by Crippen LogP contribution is -2.50. The predicted molar refractivity (Wildman–Crippen MR) is 79.0 cm³/mol. The second-order valence-corrected chi connectivity index (χ2v) is 5.47. The van der Waals surface area contributed by atoms with Gasteiger partial charge in [0.15, 0.2) is 0 Å². The Morgan fingerprint density at radius 1 is 1.05 bits per heavy atom. The van der Waals surface area contributed by atoms with E-state index in [0.29, 0.717) is 31.7 Å². The first-order valence-electron chi connectivity index (χ1n) is 6.19. The normalized spacial score (nSPS) is 15.3. The number of nitrogens with two attached hydrogens (primary N) is 1. The molecular weight excluding hydrogens is 301 g/mol. The smallest absolute Gasteiger partial charge is 0.254 e. The van der Waals surface area contributed by atoms with Gasteiger partial charge in [0.05, 0.1) is 15.7 Å². The SMILES string of the molecule is CC(=O)N1CCN(C(=O)c2cc(Cl)c(N)c(Cl)c2)CC1. The van der Waals surface area contributed by atoms with Crippen LogP contribution in [-0.4, -0.2) is 47.8 Å². The van der Waals surface area contributed by atoms with Crippen molar-refractivity contribution in [3.05, 3.63) is 27.7 Å². The van der Waals surface area contributed by atoms with Gasteiger partial charge in [-0.3, -0.25) is 9.59 Å². The van der Waals surface area contributed by atoms with Gasteiger partial charge in [-0.1, -0.05) is 23.2 Å². The van der Waals surface area contributed by atoms with Crippen LogP contribution in [0.5, 0.6) is 0 Å². The molecule has 1 aromatic rings. The summed E-state index contributed by atoms with van der Waals surface area (Å²) in [5.74, 6) is -0.132. The van der Waals surface area contributed by atoms with Gasteiger partial charge in [0.1, 0.15) is 0 Å². The lowest BCUT2D eigenvalue weighted by atomic mass is 10.1. The molecule has 2 rings (SSSR count). The van der Waals surface area contributed by atoms with E-state index in [1.807, 2.05) is 0 Å². The van der Waals surface area contributed by atoms with Gasteiger partial charge >= 0.3 is 0 Å². The number of nitrogen functional groups attached to an aromatic ring is 1. The monoisotopic (exact) mass is 315 g/mol. The lowest BCUT2D eigenvalue weighted by Gasteiger charge is -2.34. The van der Waals surface area contributed by atoms with Gasteiger partial charge in [-0.2, -0.15) is 0 Å². The van der Waals surface area contributed by atoms with Crippen LogP contribution in [0.3, 0.4) is 0 Å². The van der Waals surface area contributed by atoms with E-state index in [0.717, 1.165) is 0 Å². The number of piperazine rings is 1. The Labute approximate surface area is 127 Å². The average Bonchev–Trinajstić information content (AvgIpc) is 2.43. The summed E-state index contributed by atoms with van der Waals surface area (Å²) in [4.78, 5) is 27.0. The second kappa shape index (κ2) is 5.89. The van der Waals surface area contributed by atoms with Crippen LogP contribution in [0.25, 0.3) is 0 Å². The van der Waals surface area contributed by atoms with E-state index in [-0.39, 0.29) is 27.5 Å². The third-order valence-electron chi connectivity index (χ3n) is 3.34. The molecule has 0 radical (unpaired) electrons. The number of amides is 2. The first-order valence-corrected chi connectivity index (χ1v) is 6.95. The molecule has 0 aliphatic carbocycles. The Bertz CT molecular complexity index is 532. The number of carbonyl (C=O) groups excluding carboxylic acids is 2. The molecular formula is C13H15Cl2N3O2. The summed E-state index contributed by atoms with van der Waals surface area (Å²) in [5, 5.41) is 0.534. The van der Waals surface area contributed by atoms with Crippen LogP contribution in [0, 0.1) is 0 Å². The number of hydrogen-bond acceptors (Lipinski definition) is 3. The van der Waals surface area contributed by atoms with Crippen molar-refractivity contribution in [1.82, 2.24) is 9.80 Å². The standard InChI is InChI=1S/C13H15Cl2N3O2/c1-8(19)17-2-4-18(5-3-17)13(20)9-6-10(14)12(16)11(15)7-9/h6-7H,2-5,16H2,1H3. The molecule has 1 aliphatic rings. The van der Waals surface area contributed by atoms with Gasteiger partial charge in [-0.25, -0.2) is 0 Å². The van der Waals surface area contributed by atoms with E-state index < -0.39 is 0 Å². The molecule has 1 fully saturated rings. The fourth-order valence-electron chi connectivity index (χ4n) is 2.11. The third kappa shape index (κ3) is 2.99. The van der Waals surface area contributed by atoms with Gasteiger partial charge in [0.25, 0.3) is 5.91 Å². The molecule has 0 aromatic heterocycles. The summed E-state index contributed by atoms with van der Waals surface area (Å²) < 4.78 is 0. The fraction of sp³-hybridized carbons (Fsp3) is 0.385. The zero-order valence-electron chi connectivity index (χ0n) is 11.0. The van der Waals surface area contributed by atoms with Crippen LogP contribution >= 0.6 is 23.2 Å². The highest BCUT2D eigenvalue weighted by atomic mass is 35.5. The van der Waals surface area contributed by atoms with Crippen molar-refractivity contribution < 1.29 is 9.59 Å². The van der Waals surface area contributed by atoms with E-state index in [2.05, 4.69) is 0 Å². The van der Waals surface area contributed by atoms with Gasteiger partial charge in [0.2, 0.25) is 5.91 Å². The van der Waals surface area contributed by atoms with E-state index in [1.54, 1.807) is 9.80 Å². The maximum absolute atomic E-state index is 12.4. The van der Waals surface area contributed by atoms with E-state index in [9.17, 15) is 9.59 Å². The summed E-state index contributed by atoms with van der Waals surface area (Å²) in [7, 11) is 0. The Balaban J connectivity index is 2.11. The zero-order chi connectivity index (χ0) is 14.9. The molecule has 7 heteroatoms. The molecule has 1 aliphatic heterocycles. The number of nitrogens with zero attached hydrogens (tertiary/aromatic N) is 2. The summed E-state index contributed by atoms with van der Waals surface area (Å²) >= 11 is 11.9. The van der Waals surface area contributed by atoms with Crippen LogP contribution < -0.4 is 5.73 Å². The van der Waals surface area contributed by atoms with Crippen molar-refractivity contribution in [1.29, 1.82) is 0 Å². The molecule has 0 atom stereocenters. The molecule has 0 unspecified atom stereocenters. The predicted octanol–water partition coefficient (Wildman–Crippen LogP) is 1.88. The van der Waals surface area contributed by atoms with E-state index in [4.69, 9.17) is 28.9 Å². The molecule has 5 nitrogen and oxygen atoms in total. The number of halogens is 2. The highest BCUT2D eigenvalue weighted by Gasteiger charge is 2.24. The molecule has 0 spiro atoms. The van der Waals surface area contributed by atoms with Gasteiger partial charge in [-0.15, -0.1) is 0 Å². The van der Waals surface area contributed by atoms with Crippen molar-refractivity contribution in [3.63, 3.8) is 0 Å². The molecule has 0 saturated carbocycles. The highest BCUT2D eigenvalue weighted by molar-refractivity contribution is 6.39. The van der Waals surface area contributed by atoms with Crippen LogP contribution in [0.1, 0.15) is 17.3 Å². The lowest BCUT2D eigenvalue weighted by molar-refractivity contribution is -0.130. The minimum absolute atomic E-state index is 0.0238. The van der Waals surface area contributed by atoms with Crippen LogP contribution in [0.2, 0.25) is 10.0 Å². The third-order valence-corrected chi connectivity index (χ3v) is 3.96. The molecule has 1 aromatic carbocycles. The quantitative estimate of drug-likeness (QED) is 0.805.